The molecule has 11 heavy (non-hydrogen) atoms. The summed E-state index contributed by atoms with van der Waals surface area (Å²) in [4.78, 5) is 4.22. The minimum absolute atomic E-state index is 0.957. The number of aromatic nitrogens is 3. The highest BCUT2D eigenvalue weighted by Crippen LogP contribution is 2.10. The Morgan fingerprint density at radius 2 is 2.18 bits per heavy atom. The van der Waals surface area contributed by atoms with E-state index in [4.69, 9.17) is 0 Å². The lowest BCUT2D eigenvalue weighted by Gasteiger charge is -1.93. The van der Waals surface area contributed by atoms with Crippen LogP contribution in [0.1, 0.15) is 5.56 Å². The van der Waals surface area contributed by atoms with E-state index in [9.17, 15) is 0 Å². The van der Waals surface area contributed by atoms with Gasteiger partial charge in [-0.1, -0.05) is 0 Å². The predicted molar refractivity (Wildman–Crippen MR) is 43.2 cm³/mol. The fourth-order valence-electron chi connectivity index (χ4n) is 1.13. The molecule has 0 aliphatic carbocycles. The van der Waals surface area contributed by atoms with Gasteiger partial charge in [0.05, 0.1) is 11.7 Å². The second-order valence-electron chi connectivity index (χ2n) is 2.69. The highest BCUT2D eigenvalue weighted by molar-refractivity contribution is 5.74. The van der Waals surface area contributed by atoms with Crippen molar-refractivity contribution in [2.45, 2.75) is 6.92 Å². The van der Waals surface area contributed by atoms with E-state index in [-0.39, 0.29) is 0 Å². The Bertz CT molecular complexity index is 389. The minimum atomic E-state index is 0.957. The average Bonchev–Trinajstić information content (AvgIpc) is 2.33. The quantitative estimate of drug-likeness (QED) is 0.562. The van der Waals surface area contributed by atoms with Crippen molar-refractivity contribution in [3.05, 3.63) is 24.0 Å². The molecule has 0 saturated carbocycles. The third-order valence-corrected chi connectivity index (χ3v) is 1.74. The first kappa shape index (κ1) is 6.34. The van der Waals surface area contributed by atoms with Crippen molar-refractivity contribution in [1.82, 2.24) is 14.8 Å². The fourth-order valence-corrected chi connectivity index (χ4v) is 1.13. The zero-order valence-electron chi connectivity index (χ0n) is 6.57. The van der Waals surface area contributed by atoms with Gasteiger partial charge in [-0.3, -0.25) is 9.67 Å². The molecule has 3 nitrogen and oxygen atoms in total. The molecule has 2 heterocycles. The summed E-state index contributed by atoms with van der Waals surface area (Å²) in [5.74, 6) is 0. The van der Waals surface area contributed by atoms with Crippen molar-refractivity contribution in [2.75, 3.05) is 0 Å². The molecule has 0 spiro atoms. The summed E-state index contributed by atoms with van der Waals surface area (Å²) >= 11 is 0. The molecule has 0 amide bonds. The molecule has 2 aromatic heterocycles. The van der Waals surface area contributed by atoms with Crippen molar-refractivity contribution < 1.29 is 0 Å². The molecule has 0 N–H and O–H groups in total. The van der Waals surface area contributed by atoms with Crippen LogP contribution in [-0.4, -0.2) is 14.8 Å². The number of pyridine rings is 1. The Balaban J connectivity index is 2.87. The summed E-state index contributed by atoms with van der Waals surface area (Å²) in [5, 5.41) is 4.09. The molecule has 0 fully saturated rings. The van der Waals surface area contributed by atoms with Crippen LogP contribution in [0.2, 0.25) is 0 Å². The lowest BCUT2D eigenvalue weighted by molar-refractivity contribution is 0.796. The number of rotatable bonds is 0. The zero-order valence-corrected chi connectivity index (χ0v) is 6.57. The molecule has 0 bridgehead atoms. The lowest BCUT2D eigenvalue weighted by Crippen LogP contribution is -1.89. The Morgan fingerprint density at radius 3 is 3.00 bits per heavy atom. The number of hydrogen-bond donors (Lipinski definition) is 0. The van der Waals surface area contributed by atoms with E-state index in [1.54, 1.807) is 6.20 Å². The molecule has 3 heteroatoms. The van der Waals surface area contributed by atoms with Gasteiger partial charge in [0.25, 0.3) is 0 Å². The fraction of sp³-hybridized carbons (Fsp3) is 0.250. The van der Waals surface area contributed by atoms with E-state index < -0.39 is 0 Å². The normalized spacial score (nSPS) is 10.7. The van der Waals surface area contributed by atoms with Crippen LogP contribution < -0.4 is 0 Å². The monoisotopic (exact) mass is 147 g/mol. The molecule has 56 valence electrons. The number of hydrogen-bond acceptors (Lipinski definition) is 2. The first-order chi connectivity index (χ1) is 5.27. The van der Waals surface area contributed by atoms with E-state index in [1.165, 1.54) is 5.56 Å². The Kier molecular flexibility index (Phi) is 1.18. The van der Waals surface area contributed by atoms with Crippen molar-refractivity contribution in [3.8, 4) is 0 Å². The molecule has 0 atom stereocenters. The third kappa shape index (κ3) is 0.888. The van der Waals surface area contributed by atoms with E-state index in [1.807, 2.05) is 24.9 Å². The van der Waals surface area contributed by atoms with E-state index in [0.29, 0.717) is 0 Å². The second-order valence-corrected chi connectivity index (χ2v) is 2.69. The first-order valence-electron chi connectivity index (χ1n) is 3.52. The molecule has 0 radical (unpaired) electrons. The smallest absolute Gasteiger partial charge is 0.108 e. The molecule has 0 aromatic carbocycles. The summed E-state index contributed by atoms with van der Waals surface area (Å²) in [6.07, 6.45) is 3.62. The zero-order chi connectivity index (χ0) is 7.84. The minimum Gasteiger partial charge on any atom is -0.266 e. The average molecular weight is 147 g/mol. The molecule has 2 rings (SSSR count). The van der Waals surface area contributed by atoms with Gasteiger partial charge in [0, 0.05) is 13.2 Å². The summed E-state index contributed by atoms with van der Waals surface area (Å²) in [6, 6.07) is 2.08. The van der Waals surface area contributed by atoms with Crippen LogP contribution in [0.25, 0.3) is 11.0 Å². The van der Waals surface area contributed by atoms with Crippen LogP contribution in [0.4, 0.5) is 0 Å². The maximum Gasteiger partial charge on any atom is 0.108 e. The van der Waals surface area contributed by atoms with E-state index >= 15 is 0 Å². The Labute approximate surface area is 64.7 Å². The molecule has 0 saturated heterocycles. The predicted octanol–water partition coefficient (Wildman–Crippen LogP) is 1.28. The molecule has 0 aliphatic heterocycles. The molecule has 2 aromatic rings. The van der Waals surface area contributed by atoms with Gasteiger partial charge < -0.3 is 0 Å². The maximum atomic E-state index is 4.22. The standard InChI is InChI=1S/C8H9N3/c1-6-3-8-7(9-4-6)5-10-11(8)2/h3-5H,1-2H3. The summed E-state index contributed by atoms with van der Waals surface area (Å²) in [7, 11) is 1.92. The van der Waals surface area contributed by atoms with Gasteiger partial charge in [-0.25, -0.2) is 0 Å². The Hall–Kier alpha value is -1.38. The third-order valence-electron chi connectivity index (χ3n) is 1.74. The maximum absolute atomic E-state index is 4.22. The van der Waals surface area contributed by atoms with Crippen molar-refractivity contribution >= 4 is 11.0 Å². The van der Waals surface area contributed by atoms with Gasteiger partial charge >= 0.3 is 0 Å². The van der Waals surface area contributed by atoms with Crippen molar-refractivity contribution in [2.24, 2.45) is 7.05 Å². The van der Waals surface area contributed by atoms with Crippen LogP contribution in [-0.2, 0) is 7.05 Å². The number of aryl methyl sites for hydroxylation is 2. The van der Waals surface area contributed by atoms with Crippen LogP contribution in [0.5, 0.6) is 0 Å². The summed E-state index contributed by atoms with van der Waals surface area (Å²) in [5.41, 5.74) is 3.21. The van der Waals surface area contributed by atoms with E-state index in [2.05, 4.69) is 16.1 Å². The van der Waals surface area contributed by atoms with Crippen molar-refractivity contribution in [1.29, 1.82) is 0 Å². The Morgan fingerprint density at radius 1 is 1.36 bits per heavy atom. The van der Waals surface area contributed by atoms with Gasteiger partial charge in [0.1, 0.15) is 5.52 Å². The first-order valence-corrected chi connectivity index (χ1v) is 3.52. The number of nitrogens with zero attached hydrogens (tertiary/aromatic N) is 3. The number of fused-ring (bicyclic) bond motifs is 1. The SMILES string of the molecule is Cc1cnc2cnn(C)c2c1. The van der Waals surface area contributed by atoms with Gasteiger partial charge in [-0.2, -0.15) is 5.10 Å². The van der Waals surface area contributed by atoms with Crippen molar-refractivity contribution in [3.63, 3.8) is 0 Å². The summed E-state index contributed by atoms with van der Waals surface area (Å²) in [6.45, 7) is 2.03. The van der Waals surface area contributed by atoms with E-state index in [0.717, 1.165) is 11.0 Å². The lowest BCUT2D eigenvalue weighted by atomic mass is 10.3. The highest BCUT2D eigenvalue weighted by atomic mass is 15.3. The largest absolute Gasteiger partial charge is 0.266 e. The summed E-state index contributed by atoms with van der Waals surface area (Å²) < 4.78 is 1.83. The molecular formula is C8H9N3. The van der Waals surface area contributed by atoms with Crippen LogP contribution in [0.15, 0.2) is 18.5 Å². The topological polar surface area (TPSA) is 30.7 Å². The van der Waals surface area contributed by atoms with Gasteiger partial charge in [-0.05, 0) is 18.6 Å². The van der Waals surface area contributed by atoms with Crippen LogP contribution >= 0.6 is 0 Å². The molecular weight excluding hydrogens is 138 g/mol. The molecule has 0 aliphatic rings. The van der Waals surface area contributed by atoms with Gasteiger partial charge in [0.15, 0.2) is 0 Å². The van der Waals surface area contributed by atoms with Gasteiger partial charge in [-0.15, -0.1) is 0 Å². The highest BCUT2D eigenvalue weighted by Gasteiger charge is 1.98. The van der Waals surface area contributed by atoms with Crippen LogP contribution in [0.3, 0.4) is 0 Å². The van der Waals surface area contributed by atoms with Gasteiger partial charge in [0.2, 0.25) is 0 Å². The molecule has 0 unspecified atom stereocenters. The second kappa shape index (κ2) is 2.05. The van der Waals surface area contributed by atoms with Crippen LogP contribution in [0, 0.1) is 6.92 Å².